The summed E-state index contributed by atoms with van der Waals surface area (Å²) in [4.78, 5) is 27.0. The van der Waals surface area contributed by atoms with Gasteiger partial charge in [-0.25, -0.2) is 4.79 Å². The Morgan fingerprint density at radius 1 is 1.10 bits per heavy atom. The first-order chi connectivity index (χ1) is 18.7. The van der Waals surface area contributed by atoms with Crippen molar-refractivity contribution in [3.8, 4) is 11.5 Å². The average Bonchev–Trinajstić information content (AvgIpc) is 3.73. The smallest absolute Gasteiger partial charge is 0.408 e. The SMILES string of the molecule is O=C(NCc1ccc([N+](=O)[O-])cc1)O[C@@H](Cc1c(Cl)cncc1Cl)c1ccc(OC(F)F)c(OCC2CC2)c1. The molecule has 2 aromatic carbocycles. The number of carbonyl (C=O) groups excluding carboxylic acids is 1. The van der Waals surface area contributed by atoms with Crippen molar-refractivity contribution in [3.05, 3.63) is 91.7 Å². The molecule has 0 spiro atoms. The number of amides is 1. The summed E-state index contributed by atoms with van der Waals surface area (Å²) < 4.78 is 42.0. The third-order valence-electron chi connectivity index (χ3n) is 5.90. The van der Waals surface area contributed by atoms with Crippen molar-refractivity contribution in [3.63, 3.8) is 0 Å². The van der Waals surface area contributed by atoms with Crippen molar-refractivity contribution in [2.45, 2.75) is 38.5 Å². The van der Waals surface area contributed by atoms with Gasteiger partial charge in [0.25, 0.3) is 5.69 Å². The molecule has 1 amide bonds. The van der Waals surface area contributed by atoms with Gasteiger partial charge in [-0.3, -0.25) is 15.1 Å². The highest BCUT2D eigenvalue weighted by atomic mass is 35.5. The van der Waals surface area contributed by atoms with Gasteiger partial charge in [0.05, 0.1) is 21.6 Å². The number of benzene rings is 2. The minimum absolute atomic E-state index is 0.0389. The maximum Gasteiger partial charge on any atom is 0.408 e. The molecule has 1 N–H and O–H groups in total. The van der Waals surface area contributed by atoms with Crippen LogP contribution in [0.3, 0.4) is 0 Å². The normalized spacial score (nSPS) is 13.6. The van der Waals surface area contributed by atoms with Gasteiger partial charge in [-0.15, -0.1) is 0 Å². The van der Waals surface area contributed by atoms with Crippen LogP contribution in [-0.2, 0) is 17.7 Å². The highest BCUT2D eigenvalue weighted by Crippen LogP contribution is 2.37. The highest BCUT2D eigenvalue weighted by Gasteiger charge is 2.26. The van der Waals surface area contributed by atoms with Gasteiger partial charge in [0.2, 0.25) is 0 Å². The van der Waals surface area contributed by atoms with Gasteiger partial charge >= 0.3 is 12.7 Å². The van der Waals surface area contributed by atoms with Gasteiger partial charge in [-0.05, 0) is 47.6 Å². The molecule has 1 saturated carbocycles. The van der Waals surface area contributed by atoms with E-state index in [9.17, 15) is 23.7 Å². The van der Waals surface area contributed by atoms with Crippen LogP contribution in [0, 0.1) is 16.0 Å². The van der Waals surface area contributed by atoms with Crippen LogP contribution in [0.2, 0.25) is 10.0 Å². The number of non-ortho nitro benzene ring substituents is 1. The van der Waals surface area contributed by atoms with Gasteiger partial charge in [0.15, 0.2) is 11.5 Å². The number of hydrogen-bond donors (Lipinski definition) is 1. The molecule has 206 valence electrons. The molecule has 4 rings (SSSR count). The van der Waals surface area contributed by atoms with Crippen LogP contribution in [0.5, 0.6) is 11.5 Å². The fourth-order valence-electron chi connectivity index (χ4n) is 3.65. The number of nitrogens with zero attached hydrogens (tertiary/aromatic N) is 2. The Hall–Kier alpha value is -3.70. The Morgan fingerprint density at radius 3 is 2.41 bits per heavy atom. The van der Waals surface area contributed by atoms with E-state index < -0.39 is 23.7 Å². The van der Waals surface area contributed by atoms with Crippen molar-refractivity contribution < 1.29 is 32.7 Å². The minimum Gasteiger partial charge on any atom is -0.489 e. The summed E-state index contributed by atoms with van der Waals surface area (Å²) in [7, 11) is 0. The summed E-state index contributed by atoms with van der Waals surface area (Å²) >= 11 is 12.6. The molecule has 0 unspecified atom stereocenters. The summed E-state index contributed by atoms with van der Waals surface area (Å²) in [6.45, 7) is -2.67. The summed E-state index contributed by atoms with van der Waals surface area (Å²) in [6, 6.07) is 9.96. The number of nitrogens with one attached hydrogen (secondary N) is 1. The van der Waals surface area contributed by atoms with Crippen LogP contribution in [0.15, 0.2) is 54.9 Å². The molecule has 3 aromatic rings. The Labute approximate surface area is 232 Å². The maximum atomic E-state index is 13.0. The molecule has 0 radical (unpaired) electrons. The number of halogens is 4. The molecule has 0 saturated heterocycles. The van der Waals surface area contributed by atoms with Gasteiger partial charge in [0.1, 0.15) is 6.10 Å². The monoisotopic (exact) mass is 581 g/mol. The van der Waals surface area contributed by atoms with E-state index in [0.29, 0.717) is 29.2 Å². The fourth-order valence-corrected chi connectivity index (χ4v) is 4.17. The van der Waals surface area contributed by atoms with Gasteiger partial charge < -0.3 is 19.5 Å². The van der Waals surface area contributed by atoms with E-state index in [1.165, 1.54) is 54.9 Å². The van der Waals surface area contributed by atoms with Crippen molar-refractivity contribution in [2.24, 2.45) is 5.92 Å². The van der Waals surface area contributed by atoms with E-state index in [-0.39, 0.29) is 40.2 Å². The maximum absolute atomic E-state index is 13.0. The number of nitro benzene ring substituents is 1. The zero-order valence-electron chi connectivity index (χ0n) is 20.3. The van der Waals surface area contributed by atoms with Crippen LogP contribution in [-0.4, -0.2) is 29.2 Å². The van der Waals surface area contributed by atoms with Crippen molar-refractivity contribution in [1.82, 2.24) is 10.3 Å². The number of hydrogen-bond acceptors (Lipinski definition) is 7. The zero-order valence-corrected chi connectivity index (χ0v) is 21.8. The van der Waals surface area contributed by atoms with E-state index >= 15 is 0 Å². The quantitative estimate of drug-likeness (QED) is 0.183. The molecule has 1 heterocycles. The van der Waals surface area contributed by atoms with Crippen LogP contribution in [0.1, 0.15) is 35.6 Å². The molecule has 1 fully saturated rings. The highest BCUT2D eigenvalue weighted by molar-refractivity contribution is 6.35. The van der Waals surface area contributed by atoms with E-state index in [1.807, 2.05) is 0 Å². The number of aromatic nitrogens is 1. The Bertz CT molecular complexity index is 1310. The molecular formula is C26H23Cl2F2N3O6. The van der Waals surface area contributed by atoms with Crippen molar-refractivity contribution >= 4 is 35.0 Å². The second-order valence-electron chi connectivity index (χ2n) is 8.80. The first kappa shape index (κ1) is 28.3. The molecule has 0 bridgehead atoms. The molecule has 13 heteroatoms. The molecule has 0 aliphatic heterocycles. The van der Waals surface area contributed by atoms with Gasteiger partial charge in [0, 0.05) is 37.5 Å². The number of carbonyl (C=O) groups is 1. The number of alkyl halides is 2. The lowest BCUT2D eigenvalue weighted by atomic mass is 10.0. The Kier molecular flexibility index (Phi) is 9.36. The van der Waals surface area contributed by atoms with Crippen LogP contribution < -0.4 is 14.8 Å². The van der Waals surface area contributed by atoms with E-state index in [0.717, 1.165) is 12.8 Å². The van der Waals surface area contributed by atoms with E-state index in [2.05, 4.69) is 15.0 Å². The molecule has 1 atom stereocenters. The average molecular weight is 582 g/mol. The Morgan fingerprint density at radius 2 is 1.79 bits per heavy atom. The predicted octanol–water partition coefficient (Wildman–Crippen LogP) is 6.90. The fraction of sp³-hybridized carbons (Fsp3) is 0.308. The van der Waals surface area contributed by atoms with Crippen LogP contribution in [0.25, 0.3) is 0 Å². The summed E-state index contributed by atoms with van der Waals surface area (Å²) in [6.07, 6.45) is 3.07. The van der Waals surface area contributed by atoms with Crippen LogP contribution in [0.4, 0.5) is 19.3 Å². The van der Waals surface area contributed by atoms with Crippen LogP contribution >= 0.6 is 23.2 Å². The van der Waals surface area contributed by atoms with Gasteiger partial charge in [-0.2, -0.15) is 8.78 Å². The Balaban J connectivity index is 1.55. The number of pyridine rings is 1. The number of rotatable bonds is 12. The third-order valence-corrected chi connectivity index (χ3v) is 6.55. The van der Waals surface area contributed by atoms with Crippen molar-refractivity contribution in [1.29, 1.82) is 0 Å². The number of ether oxygens (including phenoxy) is 3. The summed E-state index contributed by atoms with van der Waals surface area (Å²) in [5.41, 5.74) is 1.43. The summed E-state index contributed by atoms with van der Waals surface area (Å²) in [5.74, 6) is 0.294. The lowest BCUT2D eigenvalue weighted by molar-refractivity contribution is -0.384. The minimum atomic E-state index is -3.05. The predicted molar refractivity (Wildman–Crippen MR) is 138 cm³/mol. The number of nitro groups is 1. The first-order valence-electron chi connectivity index (χ1n) is 11.9. The van der Waals surface area contributed by atoms with E-state index in [1.54, 1.807) is 0 Å². The molecule has 1 aliphatic carbocycles. The summed E-state index contributed by atoms with van der Waals surface area (Å²) in [5, 5.41) is 14.0. The third kappa shape index (κ3) is 8.14. The zero-order chi connectivity index (χ0) is 27.9. The standard InChI is InChI=1S/C26H23Cl2F2N3O6/c27-20-12-31-13-21(28)19(20)10-23(39-26(34)32-11-15-3-6-18(7-4-15)33(35)36)17-5-8-22(38-25(29)30)24(9-17)37-14-16-1-2-16/h3-9,12-13,16,23,25H,1-2,10-11,14H2,(H,32,34)/t23-/m0/s1. The molecule has 39 heavy (non-hydrogen) atoms. The second-order valence-corrected chi connectivity index (χ2v) is 9.61. The second kappa shape index (κ2) is 12.9. The van der Waals surface area contributed by atoms with Gasteiger partial charge in [-0.1, -0.05) is 41.4 Å². The molecule has 9 nitrogen and oxygen atoms in total. The van der Waals surface area contributed by atoms with Crippen molar-refractivity contribution in [2.75, 3.05) is 6.61 Å². The lowest BCUT2D eigenvalue weighted by Gasteiger charge is -2.21. The lowest BCUT2D eigenvalue weighted by Crippen LogP contribution is -2.26. The van der Waals surface area contributed by atoms with E-state index in [4.69, 9.17) is 32.7 Å². The molecular weight excluding hydrogens is 559 g/mol. The molecule has 1 aliphatic rings. The largest absolute Gasteiger partial charge is 0.489 e. The first-order valence-corrected chi connectivity index (χ1v) is 12.6. The topological polar surface area (TPSA) is 113 Å². The number of alkyl carbamates (subject to hydrolysis) is 1. The molecule has 1 aromatic heterocycles.